The zero-order chi connectivity index (χ0) is 12.4. The van der Waals surface area contributed by atoms with Crippen LogP contribution in [-0.2, 0) is 6.54 Å². The fraction of sp³-hybridized carbons (Fsp3) is 0.846. The first kappa shape index (κ1) is 12.0. The predicted molar refractivity (Wildman–Crippen MR) is 69.1 cm³/mol. The van der Waals surface area contributed by atoms with Gasteiger partial charge in [0.05, 0.1) is 6.54 Å². The maximum Gasteiger partial charge on any atom is 0.318 e. The lowest BCUT2D eigenvalue weighted by Crippen LogP contribution is -2.24. The summed E-state index contributed by atoms with van der Waals surface area (Å²) in [6.45, 7) is 2.46. The molecule has 1 unspecified atom stereocenters. The van der Waals surface area contributed by atoms with Crippen LogP contribution in [0.1, 0.15) is 44.4 Å². The Morgan fingerprint density at radius 2 is 1.94 bits per heavy atom. The van der Waals surface area contributed by atoms with E-state index in [0.29, 0.717) is 18.5 Å². The minimum atomic E-state index is 0.326. The van der Waals surface area contributed by atoms with Gasteiger partial charge in [0.1, 0.15) is 0 Å². The summed E-state index contributed by atoms with van der Waals surface area (Å²) in [5, 5.41) is 8.01. The summed E-state index contributed by atoms with van der Waals surface area (Å²) in [6, 6.07) is 0.661. The van der Waals surface area contributed by atoms with Crippen LogP contribution in [0.4, 0.5) is 6.01 Å². The van der Waals surface area contributed by atoms with Crippen LogP contribution in [0.2, 0.25) is 0 Å². The number of rotatable bonds is 3. The number of nitrogens with two attached hydrogens (primary N) is 1. The molecular weight excluding hydrogens is 228 g/mol. The molecule has 1 saturated heterocycles. The second-order valence-electron chi connectivity index (χ2n) is 5.58. The fourth-order valence-electron chi connectivity index (χ4n) is 3.41. The molecule has 1 aliphatic carbocycles. The number of aromatic nitrogens is 2. The molecule has 2 heterocycles. The molecule has 1 atom stereocenters. The van der Waals surface area contributed by atoms with Gasteiger partial charge >= 0.3 is 6.01 Å². The van der Waals surface area contributed by atoms with Crippen molar-refractivity contribution in [3.8, 4) is 0 Å². The van der Waals surface area contributed by atoms with Gasteiger partial charge < -0.3 is 15.1 Å². The molecule has 0 amide bonds. The van der Waals surface area contributed by atoms with E-state index in [1.165, 1.54) is 38.5 Å². The van der Waals surface area contributed by atoms with Crippen LogP contribution in [0, 0.1) is 11.8 Å². The van der Waals surface area contributed by atoms with Crippen molar-refractivity contribution in [3.05, 3.63) is 5.89 Å². The highest BCUT2D eigenvalue weighted by Gasteiger charge is 2.32. The Hall–Kier alpha value is -1.10. The van der Waals surface area contributed by atoms with Gasteiger partial charge in [-0.15, -0.1) is 5.10 Å². The van der Waals surface area contributed by atoms with Crippen LogP contribution in [-0.4, -0.2) is 23.3 Å². The third kappa shape index (κ3) is 2.36. The molecule has 0 radical (unpaired) electrons. The largest absolute Gasteiger partial charge is 0.407 e. The standard InChI is InChI=1S/C13H22N4O/c14-8-12-15-16-13(18-12)17-7-6-11(9-17)10-4-2-1-3-5-10/h10-11H,1-9,14H2. The van der Waals surface area contributed by atoms with E-state index in [2.05, 4.69) is 15.1 Å². The zero-order valence-corrected chi connectivity index (χ0v) is 10.8. The summed E-state index contributed by atoms with van der Waals surface area (Å²) in [6.07, 6.45) is 8.35. The molecule has 5 heteroatoms. The summed E-state index contributed by atoms with van der Waals surface area (Å²) < 4.78 is 5.53. The third-order valence-corrected chi connectivity index (χ3v) is 4.44. The van der Waals surface area contributed by atoms with Crippen molar-refractivity contribution in [3.63, 3.8) is 0 Å². The van der Waals surface area contributed by atoms with Gasteiger partial charge in [0.2, 0.25) is 5.89 Å². The maximum absolute atomic E-state index is 5.53. The van der Waals surface area contributed by atoms with E-state index < -0.39 is 0 Å². The van der Waals surface area contributed by atoms with Crippen LogP contribution < -0.4 is 10.6 Å². The highest BCUT2D eigenvalue weighted by atomic mass is 16.4. The van der Waals surface area contributed by atoms with E-state index in [0.717, 1.165) is 24.9 Å². The number of anilines is 1. The zero-order valence-electron chi connectivity index (χ0n) is 10.8. The molecule has 5 nitrogen and oxygen atoms in total. The molecule has 1 aromatic heterocycles. The first-order valence-corrected chi connectivity index (χ1v) is 7.14. The summed E-state index contributed by atoms with van der Waals surface area (Å²) in [5.74, 6) is 2.27. The Kier molecular flexibility index (Phi) is 3.50. The van der Waals surface area contributed by atoms with Gasteiger partial charge in [0.15, 0.2) is 0 Å². The smallest absolute Gasteiger partial charge is 0.318 e. The van der Waals surface area contributed by atoms with Gasteiger partial charge in [-0.3, -0.25) is 0 Å². The van der Waals surface area contributed by atoms with Crippen molar-refractivity contribution in [2.45, 2.75) is 45.1 Å². The number of nitrogens with zero attached hydrogens (tertiary/aromatic N) is 3. The molecule has 3 rings (SSSR count). The quantitative estimate of drug-likeness (QED) is 0.887. The summed E-state index contributed by atoms with van der Waals surface area (Å²) in [4.78, 5) is 2.23. The monoisotopic (exact) mass is 250 g/mol. The van der Waals surface area contributed by atoms with Crippen molar-refractivity contribution in [2.24, 2.45) is 17.6 Å². The van der Waals surface area contributed by atoms with Crippen LogP contribution in [0.5, 0.6) is 0 Å². The molecule has 18 heavy (non-hydrogen) atoms. The second-order valence-corrected chi connectivity index (χ2v) is 5.58. The first-order chi connectivity index (χ1) is 8.86. The van der Waals surface area contributed by atoms with Gasteiger partial charge in [-0.1, -0.05) is 37.2 Å². The lowest BCUT2D eigenvalue weighted by molar-refractivity contribution is 0.264. The average molecular weight is 250 g/mol. The van der Waals surface area contributed by atoms with Crippen LogP contribution >= 0.6 is 0 Å². The predicted octanol–water partition coefficient (Wildman–Crippen LogP) is 1.93. The normalized spacial score (nSPS) is 25.8. The number of hydrogen-bond acceptors (Lipinski definition) is 5. The van der Waals surface area contributed by atoms with Gasteiger partial charge in [0.25, 0.3) is 0 Å². The van der Waals surface area contributed by atoms with Crippen molar-refractivity contribution < 1.29 is 4.42 Å². The highest BCUT2D eigenvalue weighted by molar-refractivity contribution is 5.26. The molecule has 2 aliphatic rings. The van der Waals surface area contributed by atoms with Crippen LogP contribution in [0.15, 0.2) is 4.42 Å². The lowest BCUT2D eigenvalue weighted by Gasteiger charge is -2.27. The third-order valence-electron chi connectivity index (χ3n) is 4.44. The van der Waals surface area contributed by atoms with E-state index in [-0.39, 0.29) is 0 Å². The van der Waals surface area contributed by atoms with Crippen molar-refractivity contribution in [1.29, 1.82) is 0 Å². The Balaban J connectivity index is 1.60. The molecule has 0 bridgehead atoms. The van der Waals surface area contributed by atoms with E-state index in [1.807, 2.05) is 0 Å². The summed E-state index contributed by atoms with van der Waals surface area (Å²) in [5.41, 5.74) is 5.49. The van der Waals surface area contributed by atoms with Crippen molar-refractivity contribution >= 4 is 6.01 Å². The minimum Gasteiger partial charge on any atom is -0.407 e. The van der Waals surface area contributed by atoms with Gasteiger partial charge in [-0.25, -0.2) is 0 Å². The van der Waals surface area contributed by atoms with E-state index in [1.54, 1.807) is 0 Å². The van der Waals surface area contributed by atoms with Gasteiger partial charge in [0, 0.05) is 13.1 Å². The molecule has 2 fully saturated rings. The SMILES string of the molecule is NCc1nnc(N2CCC(C3CCCCC3)C2)o1. The Labute approximate surface area is 108 Å². The molecule has 100 valence electrons. The Morgan fingerprint density at radius 3 is 2.67 bits per heavy atom. The van der Waals surface area contributed by atoms with Crippen molar-refractivity contribution in [2.75, 3.05) is 18.0 Å². The van der Waals surface area contributed by atoms with Crippen LogP contribution in [0.3, 0.4) is 0 Å². The molecule has 2 N–H and O–H groups in total. The van der Waals surface area contributed by atoms with Crippen LogP contribution in [0.25, 0.3) is 0 Å². The fourth-order valence-corrected chi connectivity index (χ4v) is 3.41. The topological polar surface area (TPSA) is 68.2 Å². The van der Waals surface area contributed by atoms with E-state index in [9.17, 15) is 0 Å². The second kappa shape index (κ2) is 5.26. The minimum absolute atomic E-state index is 0.326. The van der Waals surface area contributed by atoms with E-state index in [4.69, 9.17) is 10.2 Å². The van der Waals surface area contributed by atoms with Gasteiger partial charge in [-0.2, -0.15) is 0 Å². The molecular formula is C13H22N4O. The molecule has 0 aromatic carbocycles. The Bertz CT molecular complexity index is 386. The maximum atomic E-state index is 5.53. The Morgan fingerprint density at radius 1 is 1.11 bits per heavy atom. The molecule has 1 aliphatic heterocycles. The van der Waals surface area contributed by atoms with E-state index >= 15 is 0 Å². The molecule has 0 spiro atoms. The molecule has 1 aromatic rings. The highest BCUT2D eigenvalue weighted by Crippen LogP contribution is 2.36. The van der Waals surface area contributed by atoms with Gasteiger partial charge in [-0.05, 0) is 18.3 Å². The average Bonchev–Trinajstić information content (AvgIpc) is 3.08. The lowest BCUT2D eigenvalue weighted by atomic mass is 9.80. The summed E-state index contributed by atoms with van der Waals surface area (Å²) in [7, 11) is 0. The van der Waals surface area contributed by atoms with Crippen molar-refractivity contribution in [1.82, 2.24) is 10.2 Å². The molecule has 1 saturated carbocycles. The summed E-state index contributed by atoms with van der Waals surface area (Å²) >= 11 is 0. The number of hydrogen-bond donors (Lipinski definition) is 1. The first-order valence-electron chi connectivity index (χ1n) is 7.14.